The smallest absolute Gasteiger partial charge is 0.410 e. The first-order valence-electron chi connectivity index (χ1n) is 30.2. The van der Waals surface area contributed by atoms with E-state index in [1.54, 1.807) is 14.7 Å². The number of nitrogens with one attached hydrogen (secondary N) is 6. The monoisotopic (exact) mass is 1230 g/mol. The zero-order valence-electron chi connectivity index (χ0n) is 52.1. The minimum Gasteiger partial charge on any atom is -0.444 e. The van der Waals surface area contributed by atoms with Crippen LogP contribution in [0.5, 0.6) is 0 Å². The predicted molar refractivity (Wildman–Crippen MR) is 333 cm³/mol. The molecule has 6 saturated heterocycles. The number of benzene rings is 3. The number of amides is 9. The topological polar surface area (TPSA) is 263 Å². The molecule has 6 heterocycles. The van der Waals surface area contributed by atoms with Crippen LogP contribution in [0, 0.1) is 0 Å². The molecule has 6 fully saturated rings. The predicted octanol–water partition coefficient (Wildman–Crippen LogP) is 10.3. The summed E-state index contributed by atoms with van der Waals surface area (Å²) in [6.45, 7) is 21.0. The molecule has 87 heavy (non-hydrogen) atoms. The maximum atomic E-state index is 12.2. The highest BCUT2D eigenvalue weighted by molar-refractivity contribution is 7.93. The van der Waals surface area contributed by atoms with Crippen molar-refractivity contribution >= 4 is 82.9 Å². The Kier molecular flexibility index (Phi) is 24.8. The van der Waals surface area contributed by atoms with Crippen LogP contribution in [-0.4, -0.2) is 149 Å². The van der Waals surface area contributed by atoms with Gasteiger partial charge in [-0.05, 0) is 191 Å². The molecule has 6 N–H and O–H groups in total. The number of nitrogens with zero attached hydrogens (tertiary/aromatic N) is 3. The lowest BCUT2D eigenvalue weighted by atomic mass is 9.89. The first kappa shape index (κ1) is 68.7. The van der Waals surface area contributed by atoms with Crippen LogP contribution in [0.15, 0.2) is 72.8 Å². The average molecular weight is 1230 g/mol. The van der Waals surface area contributed by atoms with Gasteiger partial charge in [0.15, 0.2) is 0 Å². The maximum absolute atomic E-state index is 12.2. The third-order valence-corrected chi connectivity index (χ3v) is 15.3. The second-order valence-electron chi connectivity index (χ2n) is 25.7. The molecule has 3 unspecified atom stereocenters. The van der Waals surface area contributed by atoms with Crippen molar-refractivity contribution in [1.29, 1.82) is 0 Å². The van der Waals surface area contributed by atoms with E-state index in [-0.39, 0.29) is 84.0 Å². The molecule has 9 rings (SSSR count). The highest BCUT2D eigenvalue weighted by Crippen LogP contribution is 2.33. The van der Waals surface area contributed by atoms with Crippen LogP contribution >= 0.6 is 12.1 Å². The Morgan fingerprint density at radius 2 is 0.621 bits per heavy atom. The Labute approximate surface area is 515 Å². The zero-order chi connectivity index (χ0) is 63.6. The number of rotatable bonds is 9. The van der Waals surface area contributed by atoms with E-state index in [1.807, 2.05) is 98.7 Å². The molecule has 476 valence electrons. The van der Waals surface area contributed by atoms with Gasteiger partial charge in [0.1, 0.15) is 34.9 Å². The number of anilines is 3. The summed E-state index contributed by atoms with van der Waals surface area (Å²) in [5.41, 5.74) is 4.88. The van der Waals surface area contributed by atoms with Gasteiger partial charge in [-0.1, -0.05) is 36.4 Å². The number of halogens is 1. The summed E-state index contributed by atoms with van der Waals surface area (Å²) in [4.78, 5) is 111. The second-order valence-corrected chi connectivity index (χ2v) is 26.0. The molecule has 9 amide bonds. The van der Waals surface area contributed by atoms with Crippen molar-refractivity contribution in [2.24, 2.45) is 0 Å². The minimum absolute atomic E-state index is 0.212. The summed E-state index contributed by atoms with van der Waals surface area (Å²) in [6, 6.07) is 23.1. The molecule has 0 spiro atoms. The van der Waals surface area contributed by atoms with Crippen molar-refractivity contribution in [1.82, 2.24) is 30.7 Å². The second kappa shape index (κ2) is 31.5. The molecule has 6 aliphatic heterocycles. The van der Waals surface area contributed by atoms with E-state index >= 15 is 0 Å². The van der Waals surface area contributed by atoms with Gasteiger partial charge in [0.2, 0.25) is 35.4 Å². The molecule has 3 aromatic carbocycles. The molecule has 0 radical (unpaired) electrons. The Morgan fingerprint density at radius 3 is 0.805 bits per heavy atom. The van der Waals surface area contributed by atoms with Crippen LogP contribution in [0.1, 0.15) is 174 Å². The molecule has 0 saturated carbocycles. The van der Waals surface area contributed by atoms with Crippen LogP contribution in [0.25, 0.3) is 0 Å². The Bertz CT molecular complexity index is 2530. The molecular weight excluding hydrogens is 1140 g/mol. The number of piperidine rings is 6. The van der Waals surface area contributed by atoms with Crippen LogP contribution in [0.3, 0.4) is 0 Å². The van der Waals surface area contributed by atoms with Gasteiger partial charge in [-0.15, -0.1) is 0 Å². The molecule has 0 aromatic heterocycles. The van der Waals surface area contributed by atoms with Crippen LogP contribution in [0.4, 0.5) is 35.3 Å². The fourth-order valence-corrected chi connectivity index (χ4v) is 10.8. The fourth-order valence-electron chi connectivity index (χ4n) is 10.8. The summed E-state index contributed by atoms with van der Waals surface area (Å²) < 4.78 is 26.5. The third kappa shape index (κ3) is 22.7. The SMILES string of the molecule is CC(C)(C)OC(=O)N1CCC(c2ccc(NC3CCC(=O)NC3=O)cc2)CC1.CC(C)(C)OC(=O)N1CCC(c2ccc(NC3CCC(=O)NC3=O)cc2)CC1.CC(C)(C)OC(=O)N1CCC(c2ccc(NC3CCC(=O)NC3=O)cc2)CC1.CSF. The Balaban J connectivity index is 0.000000204. The van der Waals surface area contributed by atoms with E-state index in [0.29, 0.717) is 95.5 Å². The molecule has 21 nitrogen and oxygen atoms in total. The number of ether oxygens (including phenoxy) is 3. The third-order valence-electron chi connectivity index (χ3n) is 15.3. The van der Waals surface area contributed by atoms with E-state index in [2.05, 4.69) is 68.3 Å². The van der Waals surface area contributed by atoms with Crippen molar-refractivity contribution in [3.8, 4) is 0 Å². The van der Waals surface area contributed by atoms with Crippen molar-refractivity contribution in [2.45, 2.75) is 192 Å². The summed E-state index contributed by atoms with van der Waals surface area (Å²) in [6.07, 6.45) is 8.67. The van der Waals surface area contributed by atoms with Crippen molar-refractivity contribution in [3.05, 3.63) is 89.5 Å². The van der Waals surface area contributed by atoms with E-state index in [9.17, 15) is 47.0 Å². The van der Waals surface area contributed by atoms with Gasteiger partial charge in [0, 0.05) is 94.0 Å². The largest absolute Gasteiger partial charge is 0.444 e. The van der Waals surface area contributed by atoms with E-state index in [0.717, 1.165) is 55.6 Å². The lowest BCUT2D eigenvalue weighted by Crippen LogP contribution is -2.47. The first-order chi connectivity index (χ1) is 41.0. The molecule has 0 aliphatic carbocycles. The van der Waals surface area contributed by atoms with Gasteiger partial charge in [-0.2, -0.15) is 3.89 Å². The van der Waals surface area contributed by atoms with Gasteiger partial charge in [0.25, 0.3) is 0 Å². The van der Waals surface area contributed by atoms with Gasteiger partial charge < -0.3 is 44.9 Å². The molecule has 6 aliphatic rings. The number of carbonyl (C=O) groups is 9. The first-order valence-corrected chi connectivity index (χ1v) is 31.4. The number of carbonyl (C=O) groups excluding carboxylic acids is 9. The summed E-state index contributed by atoms with van der Waals surface area (Å²) >= 11 is 0.250. The molecule has 0 bridgehead atoms. The van der Waals surface area contributed by atoms with Crippen molar-refractivity contribution < 1.29 is 61.2 Å². The van der Waals surface area contributed by atoms with Crippen LogP contribution < -0.4 is 31.9 Å². The van der Waals surface area contributed by atoms with Crippen LogP contribution in [0.2, 0.25) is 0 Å². The zero-order valence-corrected chi connectivity index (χ0v) is 53.0. The normalized spacial score (nSPS) is 20.7. The quantitative estimate of drug-likeness (QED) is 0.0859. The number of imide groups is 3. The minimum atomic E-state index is -0.473. The highest BCUT2D eigenvalue weighted by Gasteiger charge is 2.33. The molecule has 3 atom stereocenters. The standard InChI is InChI=1S/3C21H29N3O4.CH3FS/c3*1-21(2,3)28-20(27)24-12-10-15(11-13-24)14-4-6-16(7-5-14)22-17-8-9-18(25)23-19(17)26;1-3-2/h3*4-7,15,17,22H,8-13H2,1-3H3,(H,23,25,26);1H3. The number of hydrogen-bond acceptors (Lipinski definition) is 16. The molecule has 23 heteroatoms. The molecule has 3 aromatic rings. The lowest BCUT2D eigenvalue weighted by molar-refractivity contribution is -0.135. The lowest BCUT2D eigenvalue weighted by Gasteiger charge is -2.33. The number of hydrogen-bond donors (Lipinski definition) is 6. The van der Waals surface area contributed by atoms with Crippen molar-refractivity contribution in [3.63, 3.8) is 0 Å². The number of likely N-dealkylation sites (tertiary alicyclic amines) is 3. The Morgan fingerprint density at radius 1 is 0.414 bits per heavy atom. The van der Waals surface area contributed by atoms with Crippen LogP contribution in [-0.2, 0) is 43.0 Å². The summed E-state index contributed by atoms with van der Waals surface area (Å²) in [5.74, 6) is -0.224. The average Bonchev–Trinajstić information content (AvgIpc) is 3.64. The van der Waals surface area contributed by atoms with Gasteiger partial charge in [0.05, 0.1) is 0 Å². The van der Waals surface area contributed by atoms with Gasteiger partial charge >= 0.3 is 18.3 Å². The van der Waals surface area contributed by atoms with Crippen molar-refractivity contribution in [2.75, 3.05) is 61.5 Å². The fraction of sp³-hybridized carbons (Fsp3) is 0.578. The van der Waals surface area contributed by atoms with Gasteiger partial charge in [-0.3, -0.25) is 44.7 Å². The highest BCUT2D eigenvalue weighted by atomic mass is 32.2. The Hall–Kier alpha value is -7.43. The van der Waals surface area contributed by atoms with E-state index in [4.69, 9.17) is 14.2 Å². The summed E-state index contributed by atoms with van der Waals surface area (Å²) in [7, 11) is 0. The van der Waals surface area contributed by atoms with E-state index < -0.39 is 16.8 Å². The maximum Gasteiger partial charge on any atom is 0.410 e. The van der Waals surface area contributed by atoms with Gasteiger partial charge in [-0.25, -0.2) is 14.4 Å². The molecular formula is C64H90FN9O12S. The van der Waals surface area contributed by atoms with E-state index in [1.165, 1.54) is 22.9 Å². The summed E-state index contributed by atoms with van der Waals surface area (Å²) in [5, 5.41) is 16.6.